The van der Waals surface area contributed by atoms with Gasteiger partial charge in [0.2, 0.25) is 5.95 Å². The number of nitrogens with zero attached hydrogens (tertiary/aromatic N) is 6. The molecule has 6 N–H and O–H groups in total. The van der Waals surface area contributed by atoms with Gasteiger partial charge in [0.25, 0.3) is 0 Å². The normalized spacial score (nSPS) is 14.6. The van der Waals surface area contributed by atoms with Crippen LogP contribution in [0.5, 0.6) is 0 Å². The number of aliphatic hydroxyl groups is 1. The van der Waals surface area contributed by atoms with E-state index in [1.807, 2.05) is 6.07 Å². The molecule has 1 aliphatic heterocycles. The van der Waals surface area contributed by atoms with Crippen LogP contribution in [0.2, 0.25) is 0 Å². The number of H-pyrrole nitrogens is 1. The largest absolute Gasteiger partial charge is 0.389 e. The lowest BCUT2D eigenvalue weighted by Crippen LogP contribution is -2.51. The molecule has 5 heterocycles. The first kappa shape index (κ1) is 17.9. The van der Waals surface area contributed by atoms with Gasteiger partial charge < -0.3 is 26.5 Å². The van der Waals surface area contributed by atoms with Crippen molar-refractivity contribution >= 4 is 51.4 Å². The fourth-order valence-electron chi connectivity index (χ4n) is 3.33. The predicted molar refractivity (Wildman–Crippen MR) is 112 cm³/mol. The second-order valence-corrected chi connectivity index (χ2v) is 7.95. The number of nitrogens with one attached hydrogen (secondary N) is 1. The van der Waals surface area contributed by atoms with E-state index in [1.54, 1.807) is 6.20 Å². The fraction of sp³-hybridized carbons (Fsp3) is 0.278. The number of aryl methyl sites for hydroxylation is 1. The number of hydrogen-bond donors (Lipinski definition) is 4. The molecule has 0 saturated carbocycles. The summed E-state index contributed by atoms with van der Waals surface area (Å²) in [6.45, 7) is 3.21. The third kappa shape index (κ3) is 3.17. The number of β-amino-alcohol motifs (C(OH)–C–C–N with tert-alkyl or cyclic N) is 1. The van der Waals surface area contributed by atoms with Crippen molar-refractivity contribution in [2.75, 3.05) is 29.5 Å². The highest BCUT2D eigenvalue weighted by Crippen LogP contribution is 2.34. The molecule has 0 amide bonds. The van der Waals surface area contributed by atoms with Crippen LogP contribution in [-0.2, 0) is 6.42 Å². The minimum atomic E-state index is -0.319. The lowest BCUT2D eigenvalue weighted by atomic mass is 10.1. The smallest absolute Gasteiger partial charge is 0.224 e. The summed E-state index contributed by atoms with van der Waals surface area (Å²) in [7, 11) is 0. The molecule has 1 fully saturated rings. The number of nitrogen functional groups attached to an aromatic ring is 2. The zero-order valence-corrected chi connectivity index (χ0v) is 16.4. The van der Waals surface area contributed by atoms with Crippen LogP contribution >= 0.6 is 11.8 Å². The standard InChI is InChI=1S/C18H19N9OS/c1-2-8-3-12-15(22-8)25-18(26-16(12)27-6-9(28)7-27)29-10-4-11-13(19)23-17(20)24-14(11)21-5-10/h3-5,9,28H,2,6-7H2,1H3,(H,22,25,26)(H4,19,20,21,23,24). The molecule has 11 heteroatoms. The summed E-state index contributed by atoms with van der Waals surface area (Å²) in [5.41, 5.74) is 13.9. The van der Waals surface area contributed by atoms with Crippen molar-refractivity contribution in [3.8, 4) is 0 Å². The molecule has 0 aliphatic carbocycles. The molecule has 0 atom stereocenters. The zero-order valence-electron chi connectivity index (χ0n) is 15.6. The van der Waals surface area contributed by atoms with Gasteiger partial charge in [-0.25, -0.2) is 15.0 Å². The minimum absolute atomic E-state index is 0.0940. The monoisotopic (exact) mass is 409 g/mol. The Bertz CT molecular complexity index is 1240. The first-order chi connectivity index (χ1) is 14.0. The van der Waals surface area contributed by atoms with Crippen molar-refractivity contribution in [3.63, 3.8) is 0 Å². The van der Waals surface area contributed by atoms with Crippen molar-refractivity contribution in [2.24, 2.45) is 0 Å². The summed E-state index contributed by atoms with van der Waals surface area (Å²) in [6.07, 6.45) is 2.24. The molecule has 5 rings (SSSR count). The first-order valence-electron chi connectivity index (χ1n) is 9.19. The van der Waals surface area contributed by atoms with E-state index >= 15 is 0 Å². The molecule has 0 aromatic carbocycles. The Morgan fingerprint density at radius 3 is 2.76 bits per heavy atom. The van der Waals surface area contributed by atoms with Crippen molar-refractivity contribution in [3.05, 3.63) is 24.0 Å². The molecule has 29 heavy (non-hydrogen) atoms. The zero-order chi connectivity index (χ0) is 20.1. The number of fused-ring (bicyclic) bond motifs is 2. The van der Waals surface area contributed by atoms with Gasteiger partial charge in [0.05, 0.1) is 16.9 Å². The summed E-state index contributed by atoms with van der Waals surface area (Å²) in [5, 5.41) is 11.9. The third-order valence-corrected chi connectivity index (χ3v) is 5.65. The van der Waals surface area contributed by atoms with Gasteiger partial charge in [-0.3, -0.25) is 0 Å². The Hall–Kier alpha value is -3.18. The summed E-state index contributed by atoms with van der Waals surface area (Å²) >= 11 is 1.38. The Morgan fingerprint density at radius 1 is 1.17 bits per heavy atom. The molecule has 4 aromatic heterocycles. The number of aromatic nitrogens is 6. The lowest BCUT2D eigenvalue weighted by Gasteiger charge is -2.37. The average Bonchev–Trinajstić information content (AvgIpc) is 3.09. The molecule has 4 aromatic rings. The second-order valence-electron chi connectivity index (χ2n) is 6.91. The molecule has 1 saturated heterocycles. The van der Waals surface area contributed by atoms with Gasteiger partial charge in [-0.15, -0.1) is 0 Å². The van der Waals surface area contributed by atoms with E-state index in [1.165, 1.54) is 11.8 Å². The second kappa shape index (κ2) is 6.71. The molecule has 0 spiro atoms. The Kier molecular flexibility index (Phi) is 4.14. The van der Waals surface area contributed by atoms with E-state index in [4.69, 9.17) is 16.5 Å². The summed E-state index contributed by atoms with van der Waals surface area (Å²) in [6, 6.07) is 3.93. The predicted octanol–water partition coefficient (Wildman–Crippen LogP) is 1.35. The Balaban J connectivity index is 1.55. The number of rotatable bonds is 4. The van der Waals surface area contributed by atoms with Crippen LogP contribution < -0.4 is 16.4 Å². The van der Waals surface area contributed by atoms with Gasteiger partial charge in [-0.05, 0) is 30.3 Å². The number of pyridine rings is 1. The third-order valence-electron chi connectivity index (χ3n) is 4.83. The summed E-state index contributed by atoms with van der Waals surface area (Å²) in [4.78, 5) is 28.1. The maximum absolute atomic E-state index is 9.71. The highest BCUT2D eigenvalue weighted by Gasteiger charge is 2.28. The van der Waals surface area contributed by atoms with Gasteiger partial charge in [0.1, 0.15) is 17.3 Å². The molecule has 10 nitrogen and oxygen atoms in total. The highest BCUT2D eigenvalue weighted by atomic mass is 32.2. The molecule has 1 aliphatic rings. The molecule has 0 unspecified atom stereocenters. The molecule has 0 bridgehead atoms. The summed E-state index contributed by atoms with van der Waals surface area (Å²) in [5.74, 6) is 1.20. The van der Waals surface area contributed by atoms with Crippen LogP contribution in [0.1, 0.15) is 12.6 Å². The van der Waals surface area contributed by atoms with Crippen LogP contribution in [0, 0.1) is 0 Å². The number of aromatic amines is 1. The first-order valence-corrected chi connectivity index (χ1v) is 10.0. The topological polar surface area (TPSA) is 156 Å². The van der Waals surface area contributed by atoms with E-state index in [2.05, 4.69) is 42.8 Å². The van der Waals surface area contributed by atoms with Gasteiger partial charge in [-0.1, -0.05) is 6.92 Å². The lowest BCUT2D eigenvalue weighted by molar-refractivity contribution is 0.141. The SMILES string of the molecule is CCc1cc2c(N3CC(O)C3)nc(Sc3cnc4nc(N)nc(N)c4c3)nc2[nH]1. The maximum Gasteiger partial charge on any atom is 0.224 e. The van der Waals surface area contributed by atoms with Gasteiger partial charge >= 0.3 is 0 Å². The summed E-state index contributed by atoms with van der Waals surface area (Å²) < 4.78 is 0. The van der Waals surface area contributed by atoms with E-state index < -0.39 is 0 Å². The maximum atomic E-state index is 9.71. The van der Waals surface area contributed by atoms with E-state index in [0.717, 1.165) is 33.9 Å². The molecular formula is C18H19N9OS. The fourth-order valence-corrected chi connectivity index (χ4v) is 4.09. The number of anilines is 3. The van der Waals surface area contributed by atoms with Crippen LogP contribution in [0.15, 0.2) is 28.4 Å². The quantitative estimate of drug-likeness (QED) is 0.363. The average molecular weight is 409 g/mol. The number of aliphatic hydroxyl groups excluding tert-OH is 1. The molecular weight excluding hydrogens is 390 g/mol. The Morgan fingerprint density at radius 2 is 2.00 bits per heavy atom. The van der Waals surface area contributed by atoms with Crippen LogP contribution in [-0.4, -0.2) is 54.2 Å². The van der Waals surface area contributed by atoms with Crippen molar-refractivity contribution in [1.82, 2.24) is 29.9 Å². The molecule has 148 valence electrons. The minimum Gasteiger partial charge on any atom is -0.389 e. The van der Waals surface area contributed by atoms with Crippen LogP contribution in [0.25, 0.3) is 22.1 Å². The van der Waals surface area contributed by atoms with Crippen molar-refractivity contribution in [2.45, 2.75) is 29.5 Å². The van der Waals surface area contributed by atoms with Crippen molar-refractivity contribution < 1.29 is 5.11 Å². The van der Waals surface area contributed by atoms with Gasteiger partial charge in [-0.2, -0.15) is 9.97 Å². The van der Waals surface area contributed by atoms with E-state index in [9.17, 15) is 5.11 Å². The van der Waals surface area contributed by atoms with Gasteiger partial charge in [0, 0.05) is 29.9 Å². The highest BCUT2D eigenvalue weighted by molar-refractivity contribution is 7.99. The van der Waals surface area contributed by atoms with E-state index in [-0.39, 0.29) is 17.9 Å². The number of nitrogens with two attached hydrogens (primary N) is 2. The Labute approximate surface area is 169 Å². The van der Waals surface area contributed by atoms with Gasteiger partial charge in [0.15, 0.2) is 10.8 Å². The van der Waals surface area contributed by atoms with Crippen LogP contribution in [0.4, 0.5) is 17.6 Å². The van der Waals surface area contributed by atoms with Crippen LogP contribution in [0.3, 0.4) is 0 Å². The van der Waals surface area contributed by atoms with E-state index in [0.29, 0.717) is 29.3 Å². The van der Waals surface area contributed by atoms with Crippen molar-refractivity contribution in [1.29, 1.82) is 0 Å². The number of hydrogen-bond acceptors (Lipinski definition) is 10. The molecule has 0 radical (unpaired) electrons.